The first kappa shape index (κ1) is 14.2. The van der Waals surface area contributed by atoms with Crippen molar-refractivity contribution >= 4 is 11.5 Å². The van der Waals surface area contributed by atoms with E-state index in [1.807, 2.05) is 6.92 Å². The van der Waals surface area contributed by atoms with Gasteiger partial charge in [-0.05, 0) is 42.5 Å². The van der Waals surface area contributed by atoms with Crippen LogP contribution in [0.25, 0.3) is 0 Å². The SMILES string of the molecule is CCCc1cccc(C(NCC)c2snnc2C)c1. The van der Waals surface area contributed by atoms with E-state index in [0.717, 1.165) is 18.7 Å². The molecule has 0 aliphatic carbocycles. The van der Waals surface area contributed by atoms with E-state index in [9.17, 15) is 0 Å². The zero-order valence-corrected chi connectivity index (χ0v) is 12.6. The van der Waals surface area contributed by atoms with Gasteiger partial charge in [-0.25, -0.2) is 0 Å². The highest BCUT2D eigenvalue weighted by atomic mass is 32.1. The number of hydrogen-bond acceptors (Lipinski definition) is 4. The van der Waals surface area contributed by atoms with Gasteiger partial charge in [0.2, 0.25) is 0 Å². The summed E-state index contributed by atoms with van der Waals surface area (Å²) in [6.45, 7) is 7.30. The lowest BCUT2D eigenvalue weighted by Gasteiger charge is -2.18. The molecular weight excluding hydrogens is 254 g/mol. The fourth-order valence-corrected chi connectivity index (χ4v) is 3.03. The van der Waals surface area contributed by atoms with Gasteiger partial charge in [0.05, 0.1) is 16.6 Å². The van der Waals surface area contributed by atoms with Crippen molar-refractivity contribution in [1.82, 2.24) is 14.9 Å². The van der Waals surface area contributed by atoms with Gasteiger partial charge in [-0.3, -0.25) is 0 Å². The highest BCUT2D eigenvalue weighted by molar-refractivity contribution is 7.05. The van der Waals surface area contributed by atoms with Gasteiger partial charge in [0.15, 0.2) is 0 Å². The summed E-state index contributed by atoms with van der Waals surface area (Å²) in [5.41, 5.74) is 3.73. The van der Waals surface area contributed by atoms with E-state index in [1.165, 1.54) is 34.0 Å². The molecule has 0 aliphatic rings. The Morgan fingerprint density at radius 2 is 2.16 bits per heavy atom. The monoisotopic (exact) mass is 275 g/mol. The average Bonchev–Trinajstić information content (AvgIpc) is 2.83. The molecule has 3 nitrogen and oxygen atoms in total. The average molecular weight is 275 g/mol. The van der Waals surface area contributed by atoms with Crippen LogP contribution in [0, 0.1) is 6.92 Å². The Bertz CT molecular complexity index is 522. The third-order valence-electron chi connectivity index (χ3n) is 3.18. The molecule has 4 heteroatoms. The van der Waals surface area contributed by atoms with E-state index in [0.29, 0.717) is 0 Å². The second kappa shape index (κ2) is 6.78. The minimum atomic E-state index is 0.210. The summed E-state index contributed by atoms with van der Waals surface area (Å²) >= 11 is 1.49. The van der Waals surface area contributed by atoms with Crippen LogP contribution in [0.1, 0.15) is 48.0 Å². The summed E-state index contributed by atoms with van der Waals surface area (Å²) in [6.07, 6.45) is 2.31. The molecule has 0 spiro atoms. The summed E-state index contributed by atoms with van der Waals surface area (Å²) in [5.74, 6) is 0. The maximum absolute atomic E-state index is 4.13. The summed E-state index contributed by atoms with van der Waals surface area (Å²) < 4.78 is 4.06. The summed E-state index contributed by atoms with van der Waals surface area (Å²) in [5, 5.41) is 7.67. The molecule has 1 atom stereocenters. The maximum Gasteiger partial charge on any atom is 0.0776 e. The van der Waals surface area contributed by atoms with E-state index < -0.39 is 0 Å². The normalized spacial score (nSPS) is 12.6. The number of nitrogens with one attached hydrogen (secondary N) is 1. The molecular formula is C15H21N3S. The lowest BCUT2D eigenvalue weighted by atomic mass is 10.00. The number of hydrogen-bond donors (Lipinski definition) is 1. The van der Waals surface area contributed by atoms with Gasteiger partial charge < -0.3 is 5.32 Å². The number of aromatic nitrogens is 2. The fourth-order valence-electron chi connectivity index (χ4n) is 2.29. The number of rotatable bonds is 6. The van der Waals surface area contributed by atoms with Crippen molar-refractivity contribution in [2.24, 2.45) is 0 Å². The zero-order valence-electron chi connectivity index (χ0n) is 11.8. The Morgan fingerprint density at radius 3 is 2.79 bits per heavy atom. The van der Waals surface area contributed by atoms with Gasteiger partial charge in [0.1, 0.15) is 0 Å². The van der Waals surface area contributed by atoms with Crippen molar-refractivity contribution in [2.75, 3.05) is 6.54 Å². The molecule has 0 saturated carbocycles. The van der Waals surface area contributed by atoms with Gasteiger partial charge in [-0.15, -0.1) is 5.10 Å². The standard InChI is InChI=1S/C15H21N3S/c1-4-7-12-8-6-9-13(10-12)14(16-5-2)15-11(3)17-18-19-15/h6,8-10,14,16H,4-5,7H2,1-3H3. The van der Waals surface area contributed by atoms with Gasteiger partial charge in [0.25, 0.3) is 0 Å². The molecule has 2 aromatic rings. The van der Waals surface area contributed by atoms with Crippen LogP contribution < -0.4 is 5.32 Å². The van der Waals surface area contributed by atoms with Crippen LogP contribution in [0.15, 0.2) is 24.3 Å². The van der Waals surface area contributed by atoms with Crippen LogP contribution in [-0.4, -0.2) is 16.1 Å². The second-order valence-corrected chi connectivity index (χ2v) is 5.49. The van der Waals surface area contributed by atoms with Crippen LogP contribution in [0.2, 0.25) is 0 Å². The minimum Gasteiger partial charge on any atom is -0.306 e. The topological polar surface area (TPSA) is 37.8 Å². The van der Waals surface area contributed by atoms with Crippen LogP contribution >= 0.6 is 11.5 Å². The van der Waals surface area contributed by atoms with Gasteiger partial charge in [-0.2, -0.15) is 0 Å². The smallest absolute Gasteiger partial charge is 0.0776 e. The molecule has 1 aromatic carbocycles. The molecule has 19 heavy (non-hydrogen) atoms. The molecule has 1 heterocycles. The van der Waals surface area contributed by atoms with E-state index >= 15 is 0 Å². The molecule has 2 rings (SSSR count). The van der Waals surface area contributed by atoms with Gasteiger partial charge >= 0.3 is 0 Å². The van der Waals surface area contributed by atoms with Crippen molar-refractivity contribution in [1.29, 1.82) is 0 Å². The zero-order chi connectivity index (χ0) is 13.7. The Hall–Kier alpha value is -1.26. The number of nitrogens with zero attached hydrogens (tertiary/aromatic N) is 2. The van der Waals surface area contributed by atoms with Gasteiger partial charge in [-0.1, -0.05) is 49.0 Å². The molecule has 0 amide bonds. The quantitative estimate of drug-likeness (QED) is 0.877. The third kappa shape index (κ3) is 3.39. The predicted octanol–water partition coefficient (Wildman–Crippen LogP) is 3.50. The maximum atomic E-state index is 4.13. The predicted molar refractivity (Wildman–Crippen MR) is 80.6 cm³/mol. The minimum absolute atomic E-state index is 0.210. The molecule has 102 valence electrons. The van der Waals surface area contributed by atoms with Crippen molar-refractivity contribution in [2.45, 2.75) is 39.7 Å². The van der Waals surface area contributed by atoms with Crippen LogP contribution in [-0.2, 0) is 6.42 Å². The Morgan fingerprint density at radius 1 is 1.32 bits per heavy atom. The van der Waals surface area contributed by atoms with E-state index in [1.54, 1.807) is 0 Å². The molecule has 0 bridgehead atoms. The summed E-state index contributed by atoms with van der Waals surface area (Å²) in [6, 6.07) is 9.05. The van der Waals surface area contributed by atoms with Gasteiger partial charge in [0, 0.05) is 0 Å². The third-order valence-corrected chi connectivity index (χ3v) is 4.07. The van der Waals surface area contributed by atoms with E-state index in [2.05, 4.69) is 53.0 Å². The Kier molecular flexibility index (Phi) is 5.05. The largest absolute Gasteiger partial charge is 0.306 e. The molecule has 0 fully saturated rings. The first-order chi connectivity index (χ1) is 9.26. The van der Waals surface area contributed by atoms with Crippen molar-refractivity contribution in [3.05, 3.63) is 46.0 Å². The molecule has 1 unspecified atom stereocenters. The first-order valence-electron chi connectivity index (χ1n) is 6.87. The first-order valence-corrected chi connectivity index (χ1v) is 7.64. The molecule has 1 aromatic heterocycles. The lowest BCUT2D eigenvalue weighted by molar-refractivity contribution is 0.634. The highest BCUT2D eigenvalue weighted by Crippen LogP contribution is 2.27. The van der Waals surface area contributed by atoms with Crippen LogP contribution in [0.3, 0.4) is 0 Å². The number of aryl methyl sites for hydroxylation is 2. The Labute approximate surface area is 119 Å². The summed E-state index contributed by atoms with van der Waals surface area (Å²) in [7, 11) is 0. The van der Waals surface area contributed by atoms with Crippen molar-refractivity contribution < 1.29 is 0 Å². The second-order valence-electron chi connectivity index (χ2n) is 4.71. The highest BCUT2D eigenvalue weighted by Gasteiger charge is 2.18. The molecule has 0 aliphatic heterocycles. The lowest BCUT2D eigenvalue weighted by Crippen LogP contribution is -2.22. The molecule has 0 radical (unpaired) electrons. The van der Waals surface area contributed by atoms with Crippen LogP contribution in [0.4, 0.5) is 0 Å². The van der Waals surface area contributed by atoms with Crippen molar-refractivity contribution in [3.8, 4) is 0 Å². The number of benzene rings is 1. The van der Waals surface area contributed by atoms with E-state index in [4.69, 9.17) is 0 Å². The molecule has 1 N–H and O–H groups in total. The fraction of sp³-hybridized carbons (Fsp3) is 0.467. The summed E-state index contributed by atoms with van der Waals surface area (Å²) in [4.78, 5) is 1.22. The Balaban J connectivity index is 2.33. The van der Waals surface area contributed by atoms with Crippen LogP contribution in [0.5, 0.6) is 0 Å². The van der Waals surface area contributed by atoms with E-state index in [-0.39, 0.29) is 6.04 Å². The molecule has 0 saturated heterocycles. The van der Waals surface area contributed by atoms with Crippen molar-refractivity contribution in [3.63, 3.8) is 0 Å².